The Balaban J connectivity index is 2.21. The van der Waals surface area contributed by atoms with Crippen LogP contribution < -0.4 is 25.0 Å². The molecule has 9 heteroatoms. The number of methoxy groups -OCH3 is 1. The van der Waals surface area contributed by atoms with E-state index in [-0.39, 0.29) is 34.2 Å². The van der Waals surface area contributed by atoms with E-state index >= 15 is 0 Å². The van der Waals surface area contributed by atoms with Crippen molar-refractivity contribution in [3.63, 3.8) is 0 Å². The van der Waals surface area contributed by atoms with E-state index in [4.69, 9.17) is 4.74 Å². The molecular formula is C38H56N4O4S. The molecule has 0 aliphatic carbocycles. The summed E-state index contributed by atoms with van der Waals surface area (Å²) in [6, 6.07) is 13.6. The normalized spacial score (nSPS) is 12.1. The molecule has 0 radical (unpaired) electrons. The molecule has 0 aromatic heterocycles. The van der Waals surface area contributed by atoms with Gasteiger partial charge in [0.2, 0.25) is 5.91 Å². The number of benzene rings is 3. The van der Waals surface area contributed by atoms with Crippen molar-refractivity contribution in [1.82, 2.24) is 0 Å². The highest BCUT2D eigenvalue weighted by molar-refractivity contribution is 7.92. The minimum Gasteiger partial charge on any atom is -0.494 e. The number of nitrogens with one attached hydrogen (secondary N) is 3. The molecule has 0 saturated heterocycles. The molecule has 3 N–H and O–H groups in total. The molecule has 0 aliphatic rings. The summed E-state index contributed by atoms with van der Waals surface area (Å²) >= 11 is 0. The molecule has 0 fully saturated rings. The van der Waals surface area contributed by atoms with Gasteiger partial charge in [0.1, 0.15) is 5.75 Å². The lowest BCUT2D eigenvalue weighted by atomic mass is 9.89. The molecule has 1 amide bonds. The third kappa shape index (κ3) is 8.80. The van der Waals surface area contributed by atoms with Gasteiger partial charge >= 0.3 is 0 Å². The first-order valence-electron chi connectivity index (χ1n) is 16.7. The summed E-state index contributed by atoms with van der Waals surface area (Å²) in [5, 5.41) is 6.45. The quantitative estimate of drug-likeness (QED) is 0.168. The van der Waals surface area contributed by atoms with Crippen molar-refractivity contribution in [1.29, 1.82) is 0 Å². The second-order valence-electron chi connectivity index (χ2n) is 14.2. The topological polar surface area (TPSA) is 99.8 Å². The zero-order chi connectivity index (χ0) is 35.4. The van der Waals surface area contributed by atoms with E-state index in [0.717, 1.165) is 46.7 Å². The number of carbonyl (C=O) groups excluding carboxylic acids is 1. The van der Waals surface area contributed by atoms with Gasteiger partial charge in [-0.05, 0) is 85.0 Å². The standard InChI is InChI=1S/C38H56N4O4S/c1-14-42(15-2)28-16-17-31(26(9)18-28)39-34-21-32(40-37(43)38(10,11)12)33(22-35(34)46-13)41-47(44,45)36-29(24(5)6)19-27(23(3)4)20-30(36)25(7)8/h16-25,39,41H,14-15H2,1-13H3,(H,40,43). The van der Waals surface area contributed by atoms with Crippen LogP contribution in [0.2, 0.25) is 0 Å². The van der Waals surface area contributed by atoms with Crippen LogP contribution in [0, 0.1) is 12.3 Å². The van der Waals surface area contributed by atoms with Crippen LogP contribution in [-0.4, -0.2) is 34.5 Å². The summed E-state index contributed by atoms with van der Waals surface area (Å²) in [6.07, 6.45) is 0. The molecule has 3 rings (SSSR count). The number of carbonyl (C=O) groups is 1. The summed E-state index contributed by atoms with van der Waals surface area (Å²) in [5.74, 6) is 0.355. The van der Waals surface area contributed by atoms with Crippen molar-refractivity contribution in [2.75, 3.05) is 40.5 Å². The van der Waals surface area contributed by atoms with Gasteiger partial charge in [-0.2, -0.15) is 0 Å². The molecule has 47 heavy (non-hydrogen) atoms. The molecule has 0 spiro atoms. The Kier molecular flexibility index (Phi) is 12.1. The molecule has 0 aliphatic heterocycles. The predicted octanol–water partition coefficient (Wildman–Crippen LogP) is 9.75. The fourth-order valence-electron chi connectivity index (χ4n) is 5.46. The average Bonchev–Trinajstić information content (AvgIpc) is 2.98. The molecule has 8 nitrogen and oxygen atoms in total. The van der Waals surface area contributed by atoms with Crippen LogP contribution in [0.25, 0.3) is 0 Å². The van der Waals surface area contributed by atoms with E-state index in [1.165, 1.54) is 0 Å². The molecule has 0 heterocycles. The maximum Gasteiger partial charge on any atom is 0.262 e. The second-order valence-corrected chi connectivity index (χ2v) is 15.8. The van der Waals surface area contributed by atoms with Crippen LogP contribution in [-0.2, 0) is 14.8 Å². The van der Waals surface area contributed by atoms with Gasteiger partial charge in [-0.3, -0.25) is 9.52 Å². The average molecular weight is 665 g/mol. The summed E-state index contributed by atoms with van der Waals surface area (Å²) in [4.78, 5) is 15.9. The summed E-state index contributed by atoms with van der Waals surface area (Å²) in [7, 11) is -2.56. The van der Waals surface area contributed by atoms with Crippen molar-refractivity contribution in [2.24, 2.45) is 5.41 Å². The lowest BCUT2D eigenvalue weighted by Crippen LogP contribution is -2.28. The minimum absolute atomic E-state index is 0.0321. The van der Waals surface area contributed by atoms with Crippen LogP contribution in [0.4, 0.5) is 28.4 Å². The molecule has 3 aromatic rings. The van der Waals surface area contributed by atoms with Gasteiger partial charge in [-0.25, -0.2) is 8.42 Å². The van der Waals surface area contributed by atoms with Crippen LogP contribution >= 0.6 is 0 Å². The lowest BCUT2D eigenvalue weighted by molar-refractivity contribution is -0.123. The third-order valence-electron chi connectivity index (χ3n) is 8.47. The van der Waals surface area contributed by atoms with Gasteiger partial charge in [0.05, 0.1) is 29.1 Å². The van der Waals surface area contributed by atoms with Gasteiger partial charge in [-0.15, -0.1) is 0 Å². The highest BCUT2D eigenvalue weighted by Crippen LogP contribution is 2.41. The van der Waals surface area contributed by atoms with Crippen molar-refractivity contribution < 1.29 is 17.9 Å². The van der Waals surface area contributed by atoms with E-state index in [9.17, 15) is 13.2 Å². The summed E-state index contributed by atoms with van der Waals surface area (Å²) < 4.78 is 37.5. The largest absolute Gasteiger partial charge is 0.494 e. The lowest BCUT2D eigenvalue weighted by Gasteiger charge is -2.25. The van der Waals surface area contributed by atoms with E-state index in [2.05, 4.69) is 60.1 Å². The van der Waals surface area contributed by atoms with Gasteiger partial charge < -0.3 is 20.3 Å². The molecule has 0 atom stereocenters. The molecule has 0 bridgehead atoms. The fraction of sp³-hybridized carbons (Fsp3) is 0.500. The first-order chi connectivity index (χ1) is 21.8. The molecule has 3 aromatic carbocycles. The van der Waals surface area contributed by atoms with E-state index in [1.54, 1.807) is 19.2 Å². The first-order valence-corrected chi connectivity index (χ1v) is 18.2. The molecule has 0 unspecified atom stereocenters. The Morgan fingerprint density at radius 2 is 1.38 bits per heavy atom. The number of amides is 1. The maximum atomic E-state index is 14.4. The minimum atomic E-state index is -4.10. The number of aryl methyl sites for hydroxylation is 1. The van der Waals surface area contributed by atoms with E-state index < -0.39 is 15.4 Å². The zero-order valence-corrected chi connectivity index (χ0v) is 31.5. The molecule has 258 valence electrons. The smallest absolute Gasteiger partial charge is 0.262 e. The van der Waals surface area contributed by atoms with Crippen molar-refractivity contribution >= 4 is 44.4 Å². The first kappa shape index (κ1) is 37.7. The summed E-state index contributed by atoms with van der Waals surface area (Å²) in [6.45, 7) is 25.8. The third-order valence-corrected chi connectivity index (χ3v) is 9.97. The van der Waals surface area contributed by atoms with Gasteiger partial charge in [0.25, 0.3) is 10.0 Å². The van der Waals surface area contributed by atoms with Gasteiger partial charge in [0, 0.05) is 35.9 Å². The number of hydrogen-bond donors (Lipinski definition) is 3. The second kappa shape index (κ2) is 15.0. The molecule has 0 saturated carbocycles. The summed E-state index contributed by atoms with van der Waals surface area (Å²) in [5.41, 5.74) is 6.09. The SMILES string of the molecule is CCN(CC)c1ccc(Nc2cc(NC(=O)C(C)(C)C)c(NS(=O)(=O)c3c(C(C)C)cc(C(C)C)cc3C(C)C)cc2OC)c(C)c1. The number of ether oxygens (including phenoxy) is 1. The highest BCUT2D eigenvalue weighted by Gasteiger charge is 2.29. The monoisotopic (exact) mass is 664 g/mol. The highest BCUT2D eigenvalue weighted by atomic mass is 32.2. The Labute approximate surface area is 283 Å². The number of hydrogen-bond acceptors (Lipinski definition) is 6. The number of sulfonamides is 1. The van der Waals surface area contributed by atoms with Crippen LogP contribution in [0.1, 0.15) is 116 Å². The van der Waals surface area contributed by atoms with E-state index in [1.807, 2.05) is 73.6 Å². The van der Waals surface area contributed by atoms with Crippen molar-refractivity contribution in [3.05, 3.63) is 64.7 Å². The van der Waals surface area contributed by atoms with Crippen LogP contribution in [0.15, 0.2) is 47.4 Å². The number of anilines is 5. The van der Waals surface area contributed by atoms with Gasteiger partial charge in [0.15, 0.2) is 0 Å². The fourth-order valence-corrected chi connectivity index (χ4v) is 7.23. The van der Waals surface area contributed by atoms with E-state index in [0.29, 0.717) is 17.1 Å². The Morgan fingerprint density at radius 3 is 1.83 bits per heavy atom. The predicted molar refractivity (Wildman–Crippen MR) is 199 cm³/mol. The maximum absolute atomic E-state index is 14.4. The molecular weight excluding hydrogens is 609 g/mol. The van der Waals surface area contributed by atoms with Crippen molar-refractivity contribution in [2.45, 2.75) is 106 Å². The van der Waals surface area contributed by atoms with Gasteiger partial charge in [-0.1, -0.05) is 74.4 Å². The Morgan fingerprint density at radius 1 is 0.809 bits per heavy atom. The zero-order valence-electron chi connectivity index (χ0n) is 30.7. The van der Waals surface area contributed by atoms with Crippen molar-refractivity contribution in [3.8, 4) is 5.75 Å². The number of nitrogens with zero attached hydrogens (tertiary/aromatic N) is 1. The van der Waals surface area contributed by atoms with Crippen LogP contribution in [0.3, 0.4) is 0 Å². The number of rotatable bonds is 13. The Bertz CT molecular complexity index is 1660. The Hall–Kier alpha value is -3.72. The van der Waals surface area contributed by atoms with Crippen LogP contribution in [0.5, 0.6) is 5.75 Å².